The van der Waals surface area contributed by atoms with Crippen molar-refractivity contribution in [2.24, 2.45) is 0 Å². The normalized spacial score (nSPS) is 12.1. The van der Waals surface area contributed by atoms with E-state index in [0.29, 0.717) is 0 Å². The molecule has 0 bridgehead atoms. The lowest BCUT2D eigenvalue weighted by Crippen LogP contribution is -2.61. The first-order chi connectivity index (χ1) is 40.7. The first-order valence-electron chi connectivity index (χ1n) is 28.3. The Morgan fingerprint density at radius 2 is 0.488 bits per heavy atom. The van der Waals surface area contributed by atoms with Crippen molar-refractivity contribution in [1.29, 1.82) is 0 Å². The third-order valence-electron chi connectivity index (χ3n) is 16.4. The number of anilines is 9. The fourth-order valence-electron chi connectivity index (χ4n) is 12.5. The Morgan fingerprint density at radius 1 is 0.207 bits per heavy atom. The quantitative estimate of drug-likeness (QED) is 0.120. The summed E-state index contributed by atoms with van der Waals surface area (Å²) in [6.07, 6.45) is 0. The number of hydrogen-bond donors (Lipinski definition) is 0. The maximum Gasteiger partial charge on any atom is 0.252 e. The molecule has 3 nitrogen and oxygen atoms in total. The second-order valence-corrected chi connectivity index (χ2v) is 21.3. The maximum absolute atomic E-state index is 2.54. The van der Waals surface area contributed by atoms with Crippen LogP contribution in [0.3, 0.4) is 0 Å². The topological polar surface area (TPSA) is 9.72 Å². The van der Waals surface area contributed by atoms with Gasteiger partial charge in [0.15, 0.2) is 0 Å². The summed E-state index contributed by atoms with van der Waals surface area (Å²) in [5.41, 5.74) is 27.7. The maximum atomic E-state index is 2.54. The molecule has 82 heavy (non-hydrogen) atoms. The van der Waals surface area contributed by atoms with Crippen LogP contribution >= 0.6 is 0 Å². The fourth-order valence-corrected chi connectivity index (χ4v) is 12.5. The molecule has 0 N–H and O–H groups in total. The Bertz CT molecular complexity index is 4140. The minimum Gasteiger partial charge on any atom is -0.311 e. The lowest BCUT2D eigenvalue weighted by Gasteiger charge is -2.45. The fraction of sp³-hybridized carbons (Fsp3) is 0. The molecular formula is C78H54BN3. The van der Waals surface area contributed by atoms with Gasteiger partial charge in [-0.2, -0.15) is 0 Å². The van der Waals surface area contributed by atoms with Gasteiger partial charge in [0, 0.05) is 45.5 Å². The van der Waals surface area contributed by atoms with Crippen LogP contribution in [0.25, 0.3) is 66.8 Å². The highest BCUT2D eigenvalue weighted by molar-refractivity contribution is 7.00. The zero-order chi connectivity index (χ0) is 54.3. The molecule has 0 atom stereocenters. The van der Waals surface area contributed by atoms with Gasteiger partial charge in [0.2, 0.25) is 0 Å². The molecule has 0 aliphatic carbocycles. The second-order valence-electron chi connectivity index (χ2n) is 21.3. The van der Waals surface area contributed by atoms with E-state index in [-0.39, 0.29) is 6.71 Å². The molecule has 0 unspecified atom stereocenters. The van der Waals surface area contributed by atoms with Crippen LogP contribution in [0.1, 0.15) is 0 Å². The summed E-state index contributed by atoms with van der Waals surface area (Å²) >= 11 is 0. The van der Waals surface area contributed by atoms with Gasteiger partial charge in [0.1, 0.15) is 0 Å². The van der Waals surface area contributed by atoms with E-state index >= 15 is 0 Å². The largest absolute Gasteiger partial charge is 0.311 e. The summed E-state index contributed by atoms with van der Waals surface area (Å²) in [5.74, 6) is 0. The van der Waals surface area contributed by atoms with E-state index in [4.69, 9.17) is 0 Å². The van der Waals surface area contributed by atoms with Gasteiger partial charge in [-0.3, -0.25) is 0 Å². The van der Waals surface area contributed by atoms with Crippen molar-refractivity contribution in [1.82, 2.24) is 0 Å². The van der Waals surface area contributed by atoms with Crippen LogP contribution in [0.2, 0.25) is 0 Å². The molecule has 2 aliphatic heterocycles. The van der Waals surface area contributed by atoms with Gasteiger partial charge in [-0.15, -0.1) is 0 Å². The van der Waals surface area contributed by atoms with Crippen LogP contribution in [-0.4, -0.2) is 6.71 Å². The van der Waals surface area contributed by atoms with Crippen LogP contribution in [0.4, 0.5) is 51.2 Å². The molecule has 0 spiro atoms. The summed E-state index contributed by atoms with van der Waals surface area (Å²) in [4.78, 5) is 7.55. The van der Waals surface area contributed by atoms with Crippen LogP contribution in [0.5, 0.6) is 0 Å². The predicted molar refractivity (Wildman–Crippen MR) is 348 cm³/mol. The van der Waals surface area contributed by atoms with Crippen LogP contribution in [-0.2, 0) is 0 Å². The highest BCUT2D eigenvalue weighted by atomic mass is 15.2. The molecular weight excluding hydrogens is 990 g/mol. The van der Waals surface area contributed by atoms with E-state index in [2.05, 4.69) is 342 Å². The van der Waals surface area contributed by atoms with Gasteiger partial charge in [-0.1, -0.05) is 255 Å². The molecule has 4 heteroatoms. The lowest BCUT2D eigenvalue weighted by atomic mass is 9.33. The summed E-state index contributed by atoms with van der Waals surface area (Å²) in [6, 6.07) is 120. The van der Waals surface area contributed by atoms with Crippen molar-refractivity contribution in [2.45, 2.75) is 0 Å². The molecule has 0 fully saturated rings. The van der Waals surface area contributed by atoms with Crippen LogP contribution in [0, 0.1) is 0 Å². The molecule has 0 amide bonds. The molecule has 2 aliphatic rings. The Balaban J connectivity index is 1.04. The minimum atomic E-state index is -0.146. The number of fused-ring (bicyclic) bond motifs is 4. The van der Waals surface area contributed by atoms with Crippen molar-refractivity contribution >= 4 is 74.3 Å². The molecule has 0 radical (unpaired) electrons. The van der Waals surface area contributed by atoms with Crippen LogP contribution in [0.15, 0.2) is 328 Å². The number of hydrogen-bond acceptors (Lipinski definition) is 3. The summed E-state index contributed by atoms with van der Waals surface area (Å²) in [5, 5.41) is 0. The Hall–Kier alpha value is -10.7. The van der Waals surface area contributed by atoms with Gasteiger partial charge in [-0.25, -0.2) is 0 Å². The molecule has 13 aromatic rings. The Kier molecular flexibility index (Phi) is 12.3. The van der Waals surface area contributed by atoms with E-state index in [0.717, 1.165) is 62.3 Å². The van der Waals surface area contributed by atoms with Gasteiger partial charge in [-0.05, 0) is 156 Å². The van der Waals surface area contributed by atoms with E-state index in [9.17, 15) is 0 Å². The van der Waals surface area contributed by atoms with Crippen molar-refractivity contribution < 1.29 is 0 Å². The third-order valence-corrected chi connectivity index (χ3v) is 16.4. The molecule has 384 valence electrons. The monoisotopic (exact) mass is 1040 g/mol. The SMILES string of the molecule is c1ccc(-c2ccc(N3c4ccc(-c5ccccc5)cc4B4c5cc(-c6ccccc6)ccc5N(c5ccc(-c6ccccc6)cc5)c5cc(N(c6cccc(-c7ccccc7)c6)c6cccc(-c7ccccc7)c6)cc3c54)cc2)cc1. The van der Waals surface area contributed by atoms with Crippen LogP contribution < -0.4 is 31.1 Å². The summed E-state index contributed by atoms with van der Waals surface area (Å²) < 4.78 is 0. The zero-order valence-corrected chi connectivity index (χ0v) is 45.1. The van der Waals surface area contributed by atoms with Crippen molar-refractivity contribution in [3.63, 3.8) is 0 Å². The minimum absolute atomic E-state index is 0.146. The molecule has 0 aromatic heterocycles. The average Bonchev–Trinajstić information content (AvgIpc) is 1.37. The van der Waals surface area contributed by atoms with Gasteiger partial charge >= 0.3 is 0 Å². The Labute approximate surface area is 480 Å². The third kappa shape index (κ3) is 8.84. The standard InChI is InChI=1S/C78H54BN3/c1-7-21-55(22-8-1)61-37-43-67(44-38-61)81-74-47-41-65(59-29-15-5-16-30-59)51-72(74)79-73-52-66(60-31-17-6-18-32-60)42-48-75(73)82(68-45-39-62(40-46-68)56-23-9-2-10-24-56)77-54-71(53-76(81)78(77)79)80(69-35-19-33-63(49-69)57-25-11-3-12-26-57)70-36-20-34-64(50-70)58-27-13-4-14-28-58/h1-54H. The van der Waals surface area contributed by atoms with E-state index in [1.165, 1.54) is 72.0 Å². The van der Waals surface area contributed by atoms with Gasteiger partial charge < -0.3 is 14.7 Å². The lowest BCUT2D eigenvalue weighted by molar-refractivity contribution is 1.23. The number of rotatable bonds is 11. The summed E-state index contributed by atoms with van der Waals surface area (Å²) in [6.45, 7) is -0.146. The first kappa shape index (κ1) is 48.5. The van der Waals surface area contributed by atoms with Crippen molar-refractivity contribution in [2.75, 3.05) is 14.7 Å². The van der Waals surface area contributed by atoms with Gasteiger partial charge in [0.25, 0.3) is 6.71 Å². The molecule has 0 saturated heterocycles. The predicted octanol–water partition coefficient (Wildman–Crippen LogP) is 19.2. The smallest absolute Gasteiger partial charge is 0.252 e. The average molecular weight is 1040 g/mol. The molecule has 0 saturated carbocycles. The van der Waals surface area contributed by atoms with Crippen molar-refractivity contribution in [3.8, 4) is 66.8 Å². The Morgan fingerprint density at radius 3 is 0.829 bits per heavy atom. The number of benzene rings is 13. The van der Waals surface area contributed by atoms with E-state index in [1.807, 2.05) is 0 Å². The summed E-state index contributed by atoms with van der Waals surface area (Å²) in [7, 11) is 0. The van der Waals surface area contributed by atoms with E-state index < -0.39 is 0 Å². The second kappa shape index (κ2) is 20.8. The van der Waals surface area contributed by atoms with E-state index in [1.54, 1.807) is 0 Å². The highest BCUT2D eigenvalue weighted by Gasteiger charge is 2.44. The molecule has 13 aromatic carbocycles. The highest BCUT2D eigenvalue weighted by Crippen LogP contribution is 2.50. The number of nitrogens with zero attached hydrogens (tertiary/aromatic N) is 3. The zero-order valence-electron chi connectivity index (χ0n) is 45.1. The molecule has 2 heterocycles. The first-order valence-corrected chi connectivity index (χ1v) is 28.3. The molecule has 15 rings (SSSR count). The van der Waals surface area contributed by atoms with Gasteiger partial charge in [0.05, 0.1) is 5.69 Å². The van der Waals surface area contributed by atoms with Crippen molar-refractivity contribution in [3.05, 3.63) is 328 Å².